The van der Waals surface area contributed by atoms with Crippen LogP contribution in [0, 0.1) is 0 Å². The summed E-state index contributed by atoms with van der Waals surface area (Å²) in [4.78, 5) is 30.0. The molecule has 0 saturated heterocycles. The van der Waals surface area contributed by atoms with Gasteiger partial charge < -0.3 is 19.9 Å². The summed E-state index contributed by atoms with van der Waals surface area (Å²) in [6.07, 6.45) is -4.80. The van der Waals surface area contributed by atoms with Gasteiger partial charge in [0.15, 0.2) is 0 Å². The fraction of sp³-hybridized carbons (Fsp3) is 0.160. The first-order valence-corrected chi connectivity index (χ1v) is 10.7. The first-order valence-electron chi connectivity index (χ1n) is 10.7. The van der Waals surface area contributed by atoms with E-state index in [1.807, 2.05) is 24.3 Å². The van der Waals surface area contributed by atoms with Gasteiger partial charge in [-0.15, -0.1) is 13.2 Å². The zero-order chi connectivity index (χ0) is 25.0. The molecule has 7 nitrogen and oxygen atoms in total. The summed E-state index contributed by atoms with van der Waals surface area (Å²) in [5.41, 5.74) is 2.16. The molecule has 0 fully saturated rings. The van der Waals surface area contributed by atoms with Gasteiger partial charge in [-0.1, -0.05) is 30.3 Å². The topological polar surface area (TPSA) is 85.2 Å². The molecule has 1 heterocycles. The molecular weight excluding hydrogens is 461 g/mol. The summed E-state index contributed by atoms with van der Waals surface area (Å²) in [6.45, 7) is 1.65. The number of nitrogens with one attached hydrogen (secondary N) is 2. The van der Waals surface area contributed by atoms with Crippen molar-refractivity contribution < 1.29 is 27.5 Å². The van der Waals surface area contributed by atoms with Gasteiger partial charge in [0.05, 0.1) is 17.1 Å². The molecule has 0 spiro atoms. The minimum absolute atomic E-state index is 0.123. The number of imidazole rings is 1. The van der Waals surface area contributed by atoms with Gasteiger partial charge in [0, 0.05) is 11.3 Å². The molecule has 0 radical (unpaired) electrons. The standard InChI is InChI=1S/C25H21F3N4O3/c1-16(29-24(34)17-7-3-2-4-8-17)23-31-20-9-5-6-10-21(20)32(23)15-22(33)30-18-11-13-19(14-12-18)35-25(26,27)28/h2-14,16H,15H2,1H3,(H,29,34)(H,30,33)/t16-/m1/s1. The van der Waals surface area contributed by atoms with E-state index in [-0.39, 0.29) is 18.2 Å². The fourth-order valence-corrected chi connectivity index (χ4v) is 3.61. The SMILES string of the molecule is C[C@@H](NC(=O)c1ccccc1)c1nc2ccccc2n1CC(=O)Nc1ccc(OC(F)(F)F)cc1. The highest BCUT2D eigenvalue weighted by molar-refractivity contribution is 5.94. The molecule has 3 aromatic carbocycles. The summed E-state index contributed by atoms with van der Waals surface area (Å²) in [7, 11) is 0. The molecule has 10 heteroatoms. The van der Waals surface area contributed by atoms with E-state index in [9.17, 15) is 22.8 Å². The third-order valence-electron chi connectivity index (χ3n) is 5.13. The maximum atomic E-state index is 12.8. The molecule has 4 rings (SSSR count). The number of hydrogen-bond acceptors (Lipinski definition) is 4. The largest absolute Gasteiger partial charge is 0.573 e. The minimum atomic E-state index is -4.80. The Labute approximate surface area is 198 Å². The maximum absolute atomic E-state index is 12.8. The van der Waals surface area contributed by atoms with Crippen molar-refractivity contribution in [3.05, 3.63) is 90.3 Å². The Morgan fingerprint density at radius 3 is 2.31 bits per heavy atom. The van der Waals surface area contributed by atoms with Crippen molar-refractivity contribution in [1.29, 1.82) is 0 Å². The average molecular weight is 482 g/mol. The monoisotopic (exact) mass is 482 g/mol. The highest BCUT2D eigenvalue weighted by Crippen LogP contribution is 2.25. The van der Waals surface area contributed by atoms with Crippen molar-refractivity contribution in [1.82, 2.24) is 14.9 Å². The molecular formula is C25H21F3N4O3. The van der Waals surface area contributed by atoms with Crippen LogP contribution in [-0.4, -0.2) is 27.7 Å². The molecule has 0 aliphatic rings. The second-order valence-electron chi connectivity index (χ2n) is 7.73. The molecule has 2 amide bonds. The van der Waals surface area contributed by atoms with Crippen LogP contribution in [0.2, 0.25) is 0 Å². The van der Waals surface area contributed by atoms with Crippen molar-refractivity contribution in [2.24, 2.45) is 0 Å². The quantitative estimate of drug-likeness (QED) is 0.386. The van der Waals surface area contributed by atoms with Gasteiger partial charge in [0.25, 0.3) is 5.91 Å². The van der Waals surface area contributed by atoms with Crippen LogP contribution in [0.3, 0.4) is 0 Å². The van der Waals surface area contributed by atoms with Gasteiger partial charge in [0.2, 0.25) is 5.91 Å². The van der Waals surface area contributed by atoms with Crippen molar-refractivity contribution >= 4 is 28.5 Å². The van der Waals surface area contributed by atoms with Crippen LogP contribution in [0.1, 0.15) is 29.1 Å². The molecule has 1 atom stereocenters. The number of benzene rings is 3. The lowest BCUT2D eigenvalue weighted by Crippen LogP contribution is -2.30. The third-order valence-corrected chi connectivity index (χ3v) is 5.13. The van der Waals surface area contributed by atoms with Crippen molar-refractivity contribution in [2.75, 3.05) is 5.32 Å². The van der Waals surface area contributed by atoms with E-state index in [0.29, 0.717) is 28.1 Å². The smallest absolute Gasteiger partial charge is 0.406 e. The number of halogens is 3. The molecule has 35 heavy (non-hydrogen) atoms. The van der Waals surface area contributed by atoms with Crippen molar-refractivity contribution in [2.45, 2.75) is 25.9 Å². The predicted molar refractivity (Wildman–Crippen MR) is 124 cm³/mol. The van der Waals surface area contributed by atoms with E-state index >= 15 is 0 Å². The second-order valence-corrected chi connectivity index (χ2v) is 7.73. The van der Waals surface area contributed by atoms with Crippen molar-refractivity contribution in [3.8, 4) is 5.75 Å². The third kappa shape index (κ3) is 5.97. The highest BCUT2D eigenvalue weighted by Gasteiger charge is 2.31. The van der Waals surface area contributed by atoms with Gasteiger partial charge in [-0.3, -0.25) is 9.59 Å². The second kappa shape index (κ2) is 9.88. The molecule has 0 aliphatic carbocycles. The molecule has 180 valence electrons. The van der Waals surface area contributed by atoms with E-state index < -0.39 is 18.3 Å². The van der Waals surface area contributed by atoms with E-state index in [1.165, 1.54) is 12.1 Å². The number of fused-ring (bicyclic) bond motifs is 1. The normalized spacial score (nSPS) is 12.2. The average Bonchev–Trinajstić information content (AvgIpc) is 3.18. The van der Waals surface area contributed by atoms with Crippen LogP contribution in [0.4, 0.5) is 18.9 Å². The van der Waals surface area contributed by atoms with Crippen LogP contribution in [-0.2, 0) is 11.3 Å². The Hall–Kier alpha value is -4.34. The zero-order valence-corrected chi connectivity index (χ0v) is 18.5. The number of alkyl halides is 3. The Morgan fingerprint density at radius 1 is 0.971 bits per heavy atom. The molecule has 4 aromatic rings. The number of rotatable bonds is 7. The fourth-order valence-electron chi connectivity index (χ4n) is 3.61. The number of hydrogen-bond donors (Lipinski definition) is 2. The minimum Gasteiger partial charge on any atom is -0.406 e. The van der Waals surface area contributed by atoms with E-state index in [2.05, 4.69) is 20.4 Å². The number of ether oxygens (including phenoxy) is 1. The van der Waals surface area contributed by atoms with Crippen LogP contribution >= 0.6 is 0 Å². The number of carbonyl (C=O) groups is 2. The van der Waals surface area contributed by atoms with Crippen LogP contribution in [0.15, 0.2) is 78.9 Å². The lowest BCUT2D eigenvalue weighted by Gasteiger charge is -2.16. The van der Waals surface area contributed by atoms with Crippen LogP contribution in [0.25, 0.3) is 11.0 Å². The number of amides is 2. The van der Waals surface area contributed by atoms with E-state index in [1.54, 1.807) is 41.8 Å². The molecule has 0 unspecified atom stereocenters. The maximum Gasteiger partial charge on any atom is 0.573 e. The Morgan fingerprint density at radius 2 is 1.63 bits per heavy atom. The summed E-state index contributed by atoms with van der Waals surface area (Å²) in [5.74, 6) is -0.594. The molecule has 0 aliphatic heterocycles. The summed E-state index contributed by atoms with van der Waals surface area (Å²) >= 11 is 0. The number of aromatic nitrogens is 2. The first-order chi connectivity index (χ1) is 16.7. The number of nitrogens with zero attached hydrogens (tertiary/aromatic N) is 2. The lowest BCUT2D eigenvalue weighted by molar-refractivity contribution is -0.274. The Kier molecular flexibility index (Phi) is 6.72. The van der Waals surface area contributed by atoms with Gasteiger partial charge in [-0.05, 0) is 55.5 Å². The predicted octanol–water partition coefficient (Wildman–Crippen LogP) is 5.06. The summed E-state index contributed by atoms with van der Waals surface area (Å²) in [5, 5.41) is 5.56. The lowest BCUT2D eigenvalue weighted by atomic mass is 10.2. The summed E-state index contributed by atoms with van der Waals surface area (Å²) in [6, 6.07) is 20.3. The van der Waals surface area contributed by atoms with Gasteiger partial charge in [-0.25, -0.2) is 4.98 Å². The molecule has 0 bridgehead atoms. The van der Waals surface area contributed by atoms with Gasteiger partial charge in [-0.2, -0.15) is 0 Å². The van der Waals surface area contributed by atoms with Gasteiger partial charge in [0.1, 0.15) is 18.1 Å². The summed E-state index contributed by atoms with van der Waals surface area (Å²) < 4.78 is 42.6. The molecule has 1 aromatic heterocycles. The van der Waals surface area contributed by atoms with E-state index in [0.717, 1.165) is 12.1 Å². The number of carbonyl (C=O) groups excluding carboxylic acids is 2. The Balaban J connectivity index is 1.52. The van der Waals surface area contributed by atoms with E-state index in [4.69, 9.17) is 0 Å². The van der Waals surface area contributed by atoms with Crippen LogP contribution in [0.5, 0.6) is 5.75 Å². The highest BCUT2D eigenvalue weighted by atomic mass is 19.4. The first kappa shape index (κ1) is 23.8. The van der Waals surface area contributed by atoms with Crippen LogP contribution < -0.4 is 15.4 Å². The van der Waals surface area contributed by atoms with Crippen molar-refractivity contribution in [3.63, 3.8) is 0 Å². The molecule has 2 N–H and O–H groups in total. The molecule has 0 saturated carbocycles. The Bertz CT molecular complexity index is 1340. The zero-order valence-electron chi connectivity index (χ0n) is 18.5. The number of anilines is 1. The number of para-hydroxylation sites is 2. The van der Waals surface area contributed by atoms with Gasteiger partial charge >= 0.3 is 6.36 Å².